The van der Waals surface area contributed by atoms with Gasteiger partial charge in [0, 0.05) is 17.5 Å². The van der Waals surface area contributed by atoms with Gasteiger partial charge in [0.05, 0.1) is 12.0 Å². The molecule has 1 aliphatic heterocycles. The first-order valence-electron chi connectivity index (χ1n) is 9.65. The smallest absolute Gasteiger partial charge is 0.318 e. The van der Waals surface area contributed by atoms with Gasteiger partial charge in [0.25, 0.3) is 0 Å². The van der Waals surface area contributed by atoms with Gasteiger partial charge >= 0.3 is 12.0 Å². The van der Waals surface area contributed by atoms with Gasteiger partial charge in [-0.3, -0.25) is 4.79 Å². The molecular weight excluding hydrogens is 348 g/mol. The minimum atomic E-state index is -0.707. The Labute approximate surface area is 159 Å². The van der Waals surface area contributed by atoms with Crippen molar-refractivity contribution in [2.45, 2.75) is 63.5 Å². The van der Waals surface area contributed by atoms with Crippen molar-refractivity contribution in [1.29, 1.82) is 0 Å². The average molecular weight is 377 g/mol. The van der Waals surface area contributed by atoms with Gasteiger partial charge < -0.3 is 15.3 Å². The molecular formula is C20H28N2O3S. The fourth-order valence-electron chi connectivity index (χ4n) is 3.92. The van der Waals surface area contributed by atoms with Crippen molar-refractivity contribution in [1.82, 2.24) is 10.2 Å². The molecule has 1 aliphatic carbocycles. The Hall–Kier alpha value is -1.82. The summed E-state index contributed by atoms with van der Waals surface area (Å²) in [6.45, 7) is 0.787. The fourth-order valence-corrected chi connectivity index (χ4v) is 4.55. The van der Waals surface area contributed by atoms with Gasteiger partial charge in [-0.2, -0.15) is 0 Å². The molecule has 1 atom stereocenters. The number of thiophene rings is 1. The number of carboxylic acids is 1. The Morgan fingerprint density at radius 3 is 2.65 bits per heavy atom. The third kappa shape index (κ3) is 5.10. The van der Waals surface area contributed by atoms with E-state index in [0.29, 0.717) is 12.8 Å². The minimum absolute atomic E-state index is 0.00602. The number of amides is 2. The molecule has 2 N–H and O–H groups in total. The van der Waals surface area contributed by atoms with Crippen LogP contribution >= 0.6 is 11.3 Å². The maximum Gasteiger partial charge on any atom is 0.318 e. The maximum atomic E-state index is 12.9. The molecule has 1 saturated heterocycles. The Kier molecular flexibility index (Phi) is 6.72. The van der Waals surface area contributed by atoms with Crippen molar-refractivity contribution in [3.05, 3.63) is 28.5 Å². The number of hydrogen-bond acceptors (Lipinski definition) is 3. The lowest BCUT2D eigenvalue weighted by Gasteiger charge is -2.32. The van der Waals surface area contributed by atoms with Crippen LogP contribution in [0.25, 0.3) is 6.08 Å². The van der Waals surface area contributed by atoms with Crippen LogP contribution < -0.4 is 5.32 Å². The summed E-state index contributed by atoms with van der Waals surface area (Å²) in [5.74, 6) is -0.955. The number of rotatable bonds is 4. The average Bonchev–Trinajstić information content (AvgIpc) is 3.04. The molecule has 142 valence electrons. The highest BCUT2D eigenvalue weighted by Gasteiger charge is 2.29. The molecule has 0 bridgehead atoms. The molecule has 1 unspecified atom stereocenters. The third-order valence-electron chi connectivity index (χ3n) is 5.49. The number of nitrogens with zero attached hydrogens (tertiary/aromatic N) is 1. The van der Waals surface area contributed by atoms with Crippen molar-refractivity contribution in [3.8, 4) is 0 Å². The number of carboxylic acid groups (broad SMARTS) is 1. The van der Waals surface area contributed by atoms with Crippen molar-refractivity contribution in [2.24, 2.45) is 5.92 Å². The van der Waals surface area contributed by atoms with E-state index in [-0.39, 0.29) is 24.0 Å². The predicted octanol–water partition coefficient (Wildman–Crippen LogP) is 4.36. The normalized spacial score (nSPS) is 27.2. The molecule has 0 aromatic carbocycles. The summed E-state index contributed by atoms with van der Waals surface area (Å²) in [6.07, 6.45) is 11.5. The zero-order chi connectivity index (χ0) is 18.4. The van der Waals surface area contributed by atoms with Gasteiger partial charge in [0.1, 0.15) is 0 Å². The molecule has 3 rings (SSSR count). The number of nitrogens with one attached hydrogen (secondary N) is 1. The first-order valence-corrected chi connectivity index (χ1v) is 10.5. The monoisotopic (exact) mass is 376 g/mol. The highest BCUT2D eigenvalue weighted by molar-refractivity contribution is 7.10. The second kappa shape index (κ2) is 9.21. The lowest BCUT2D eigenvalue weighted by Crippen LogP contribution is -2.49. The largest absolute Gasteiger partial charge is 0.481 e. The number of urea groups is 1. The van der Waals surface area contributed by atoms with E-state index in [4.69, 9.17) is 5.11 Å². The number of carbonyl (C=O) groups excluding carboxylic acids is 1. The molecule has 1 aromatic rings. The van der Waals surface area contributed by atoms with Crippen LogP contribution in [0.4, 0.5) is 4.79 Å². The van der Waals surface area contributed by atoms with Crippen LogP contribution in [-0.4, -0.2) is 40.6 Å². The van der Waals surface area contributed by atoms with Crippen LogP contribution in [0.5, 0.6) is 0 Å². The van der Waals surface area contributed by atoms with Gasteiger partial charge in [0.15, 0.2) is 0 Å². The van der Waals surface area contributed by atoms with E-state index in [2.05, 4.69) is 28.9 Å². The molecule has 1 aromatic heterocycles. The second-order valence-electron chi connectivity index (χ2n) is 7.32. The standard InChI is InChI=1S/C20H28N2O3S/c23-19(24)15-7-9-16(10-8-15)21-20(25)22-13-3-1-2-5-17(22)11-12-18-6-4-14-26-18/h4,6,11-12,14-17H,1-3,5,7-10,13H2,(H,21,25)(H,23,24)/b12-11+. The van der Waals surface area contributed by atoms with E-state index in [1.165, 1.54) is 4.88 Å². The zero-order valence-corrected chi connectivity index (χ0v) is 15.9. The van der Waals surface area contributed by atoms with Gasteiger partial charge in [-0.25, -0.2) is 4.79 Å². The predicted molar refractivity (Wildman–Crippen MR) is 104 cm³/mol. The molecule has 6 heteroatoms. The van der Waals surface area contributed by atoms with Crippen LogP contribution in [0.3, 0.4) is 0 Å². The molecule has 2 heterocycles. The number of likely N-dealkylation sites (tertiary alicyclic amines) is 1. The maximum absolute atomic E-state index is 12.9. The van der Waals surface area contributed by atoms with Gasteiger partial charge in [-0.05, 0) is 56.0 Å². The molecule has 1 saturated carbocycles. The van der Waals surface area contributed by atoms with Gasteiger partial charge in [-0.1, -0.05) is 25.0 Å². The lowest BCUT2D eigenvalue weighted by atomic mass is 9.86. The highest BCUT2D eigenvalue weighted by atomic mass is 32.1. The Morgan fingerprint density at radius 1 is 1.15 bits per heavy atom. The fraction of sp³-hybridized carbons (Fsp3) is 0.600. The third-order valence-corrected chi connectivity index (χ3v) is 6.33. The van der Waals surface area contributed by atoms with E-state index >= 15 is 0 Å². The Bertz CT molecular complexity index is 621. The van der Waals surface area contributed by atoms with E-state index in [1.54, 1.807) is 11.3 Å². The van der Waals surface area contributed by atoms with E-state index in [1.807, 2.05) is 11.0 Å². The van der Waals surface area contributed by atoms with Crippen molar-refractivity contribution < 1.29 is 14.7 Å². The van der Waals surface area contributed by atoms with Crippen LogP contribution in [-0.2, 0) is 4.79 Å². The summed E-state index contributed by atoms with van der Waals surface area (Å²) in [4.78, 5) is 27.1. The first-order chi connectivity index (χ1) is 12.6. The van der Waals surface area contributed by atoms with Crippen LogP contribution in [0, 0.1) is 5.92 Å². The molecule has 5 nitrogen and oxygen atoms in total. The topological polar surface area (TPSA) is 69.6 Å². The summed E-state index contributed by atoms with van der Waals surface area (Å²) in [7, 11) is 0. The van der Waals surface area contributed by atoms with Crippen LogP contribution in [0.2, 0.25) is 0 Å². The van der Waals surface area contributed by atoms with Gasteiger partial charge in [-0.15, -0.1) is 11.3 Å². The van der Waals surface area contributed by atoms with Gasteiger partial charge in [0.2, 0.25) is 0 Å². The van der Waals surface area contributed by atoms with E-state index in [9.17, 15) is 9.59 Å². The van der Waals surface area contributed by atoms with E-state index < -0.39 is 5.97 Å². The number of carbonyl (C=O) groups is 2. The molecule has 26 heavy (non-hydrogen) atoms. The molecule has 2 aliphatic rings. The van der Waals surface area contributed by atoms with Crippen LogP contribution in [0.15, 0.2) is 23.6 Å². The van der Waals surface area contributed by atoms with Crippen molar-refractivity contribution in [3.63, 3.8) is 0 Å². The Morgan fingerprint density at radius 2 is 1.96 bits per heavy atom. The summed E-state index contributed by atoms with van der Waals surface area (Å²) in [5, 5.41) is 14.3. The SMILES string of the molecule is O=C(O)C1CCC(NC(=O)N2CCCCCC2/C=C/c2cccs2)CC1. The summed E-state index contributed by atoms with van der Waals surface area (Å²) in [5.41, 5.74) is 0. The minimum Gasteiger partial charge on any atom is -0.481 e. The molecule has 0 spiro atoms. The summed E-state index contributed by atoms with van der Waals surface area (Å²) < 4.78 is 0. The van der Waals surface area contributed by atoms with Crippen LogP contribution in [0.1, 0.15) is 56.2 Å². The Balaban J connectivity index is 1.58. The highest BCUT2D eigenvalue weighted by Crippen LogP contribution is 2.25. The molecule has 2 fully saturated rings. The van der Waals surface area contributed by atoms with Crippen molar-refractivity contribution in [2.75, 3.05) is 6.54 Å². The number of hydrogen-bond donors (Lipinski definition) is 2. The zero-order valence-electron chi connectivity index (χ0n) is 15.1. The summed E-state index contributed by atoms with van der Waals surface area (Å²) in [6, 6.07) is 4.36. The molecule has 2 amide bonds. The summed E-state index contributed by atoms with van der Waals surface area (Å²) >= 11 is 1.70. The second-order valence-corrected chi connectivity index (χ2v) is 8.30. The van der Waals surface area contributed by atoms with Crippen molar-refractivity contribution >= 4 is 29.4 Å². The quantitative estimate of drug-likeness (QED) is 0.820. The lowest BCUT2D eigenvalue weighted by molar-refractivity contribution is -0.142. The van der Waals surface area contributed by atoms with E-state index in [0.717, 1.165) is 45.1 Å². The molecule has 0 radical (unpaired) electrons. The number of aliphatic carboxylic acids is 1. The first kappa shape index (κ1) is 19.0.